The van der Waals surface area contributed by atoms with Crippen molar-refractivity contribution in [1.29, 1.82) is 0 Å². The van der Waals surface area contributed by atoms with Crippen molar-refractivity contribution in [3.05, 3.63) is 78.4 Å². The number of nitrogens with zero attached hydrogens (tertiary/aromatic N) is 4. The van der Waals surface area contributed by atoms with Gasteiger partial charge in [-0.05, 0) is 24.3 Å². The number of carbonyl (C=O) groups excluding carboxylic acids is 1. The number of ether oxygens (including phenoxy) is 2. The molecule has 0 aliphatic carbocycles. The first kappa shape index (κ1) is 23.8. The molecule has 0 saturated carbocycles. The molecule has 10 heteroatoms. The van der Waals surface area contributed by atoms with E-state index in [2.05, 4.69) is 20.7 Å². The lowest BCUT2D eigenvalue weighted by Gasteiger charge is -2.10. The largest absolute Gasteiger partial charge is 0.502 e. The maximum Gasteiger partial charge on any atom is 0.250 e. The Morgan fingerprint density at radius 3 is 2.29 bits per heavy atom. The predicted octanol–water partition coefficient (Wildman–Crippen LogP) is 3.90. The molecule has 0 aliphatic rings. The summed E-state index contributed by atoms with van der Waals surface area (Å²) in [6.45, 7) is 0. The number of hydrogen-bond acceptors (Lipinski definition) is 8. The van der Waals surface area contributed by atoms with Crippen LogP contribution in [0, 0.1) is 0 Å². The number of para-hydroxylation sites is 1. The fourth-order valence-corrected chi connectivity index (χ4v) is 4.02. The molecule has 1 amide bonds. The fraction of sp³-hybridized carbons (Fsp3) is 0.120. The number of amides is 1. The number of methoxy groups -OCH3 is 2. The third-order valence-corrected chi connectivity index (χ3v) is 5.85. The molecule has 3 aromatic carbocycles. The Bertz CT molecular complexity index is 1300. The number of carbonyl (C=O) groups is 1. The molecule has 178 valence electrons. The SMILES string of the molecule is COc1cc(/C=N\NC(=O)CSc2nnc(-c3ccccc3)n2-c2ccccc2)cc(OC)c1O. The first-order valence-electron chi connectivity index (χ1n) is 10.6. The summed E-state index contributed by atoms with van der Waals surface area (Å²) in [5, 5.41) is 23.3. The molecule has 0 saturated heterocycles. The normalized spacial score (nSPS) is 10.9. The van der Waals surface area contributed by atoms with E-state index in [1.54, 1.807) is 12.1 Å². The van der Waals surface area contributed by atoms with Crippen LogP contribution in [0.3, 0.4) is 0 Å². The van der Waals surface area contributed by atoms with Crippen LogP contribution >= 0.6 is 11.8 Å². The van der Waals surface area contributed by atoms with Gasteiger partial charge in [0.25, 0.3) is 5.91 Å². The standard InChI is InChI=1S/C25H23N5O4S/c1-33-20-13-17(14-21(34-2)23(20)32)15-26-27-22(31)16-35-25-29-28-24(18-9-5-3-6-10-18)30(25)19-11-7-4-8-12-19/h3-15,32H,16H2,1-2H3,(H,27,31)/b26-15-. The van der Waals surface area contributed by atoms with Gasteiger partial charge in [-0.15, -0.1) is 10.2 Å². The fourth-order valence-electron chi connectivity index (χ4n) is 3.28. The number of aromatic hydroxyl groups is 1. The Balaban J connectivity index is 1.47. The van der Waals surface area contributed by atoms with Crippen LogP contribution in [0.1, 0.15) is 5.56 Å². The van der Waals surface area contributed by atoms with Crippen LogP contribution in [0.15, 0.2) is 83.1 Å². The smallest absolute Gasteiger partial charge is 0.250 e. The van der Waals surface area contributed by atoms with Gasteiger partial charge < -0.3 is 14.6 Å². The van der Waals surface area contributed by atoms with Gasteiger partial charge in [0, 0.05) is 16.8 Å². The number of benzene rings is 3. The lowest BCUT2D eigenvalue weighted by Crippen LogP contribution is -2.20. The second-order valence-electron chi connectivity index (χ2n) is 7.20. The second kappa shape index (κ2) is 11.2. The Morgan fingerprint density at radius 1 is 1.03 bits per heavy atom. The summed E-state index contributed by atoms with van der Waals surface area (Å²) in [5.41, 5.74) is 4.90. The zero-order valence-electron chi connectivity index (χ0n) is 19.1. The molecule has 4 rings (SSSR count). The Labute approximate surface area is 206 Å². The highest BCUT2D eigenvalue weighted by Gasteiger charge is 2.17. The topological polar surface area (TPSA) is 111 Å². The van der Waals surface area contributed by atoms with Gasteiger partial charge in [0.1, 0.15) is 0 Å². The van der Waals surface area contributed by atoms with E-state index in [1.165, 1.54) is 32.2 Å². The first-order valence-corrected chi connectivity index (χ1v) is 11.5. The summed E-state index contributed by atoms with van der Waals surface area (Å²) >= 11 is 1.26. The van der Waals surface area contributed by atoms with Gasteiger partial charge in [-0.3, -0.25) is 9.36 Å². The molecule has 2 N–H and O–H groups in total. The first-order chi connectivity index (χ1) is 17.1. The number of phenolic OH excluding ortho intramolecular Hbond substituents is 1. The predicted molar refractivity (Wildman–Crippen MR) is 134 cm³/mol. The van der Waals surface area contributed by atoms with Crippen LogP contribution in [-0.4, -0.2) is 52.0 Å². The highest BCUT2D eigenvalue weighted by molar-refractivity contribution is 7.99. The molecular weight excluding hydrogens is 466 g/mol. The summed E-state index contributed by atoms with van der Waals surface area (Å²) < 4.78 is 12.2. The molecule has 0 spiro atoms. The van der Waals surface area contributed by atoms with Crippen LogP contribution < -0.4 is 14.9 Å². The van der Waals surface area contributed by atoms with Crippen LogP contribution in [0.2, 0.25) is 0 Å². The number of thioether (sulfide) groups is 1. The monoisotopic (exact) mass is 489 g/mol. The van der Waals surface area contributed by atoms with Crippen LogP contribution in [0.5, 0.6) is 17.2 Å². The summed E-state index contributed by atoms with van der Waals surface area (Å²) in [6, 6.07) is 22.7. The number of rotatable bonds is 9. The number of phenols is 1. The lowest BCUT2D eigenvalue weighted by molar-refractivity contribution is -0.118. The highest BCUT2D eigenvalue weighted by Crippen LogP contribution is 2.36. The molecule has 35 heavy (non-hydrogen) atoms. The number of nitrogens with one attached hydrogen (secondary N) is 1. The van der Waals surface area contributed by atoms with E-state index in [0.717, 1.165) is 11.3 Å². The van der Waals surface area contributed by atoms with Gasteiger partial charge >= 0.3 is 0 Å². The van der Waals surface area contributed by atoms with E-state index in [1.807, 2.05) is 65.2 Å². The number of aromatic nitrogens is 3. The van der Waals surface area contributed by atoms with Crippen molar-refractivity contribution < 1.29 is 19.4 Å². The third-order valence-electron chi connectivity index (χ3n) is 4.92. The van der Waals surface area contributed by atoms with E-state index in [0.29, 0.717) is 16.5 Å². The van der Waals surface area contributed by atoms with E-state index in [9.17, 15) is 9.90 Å². The molecule has 4 aromatic rings. The Kier molecular flexibility index (Phi) is 7.63. The average molecular weight is 490 g/mol. The Hall–Kier alpha value is -4.31. The molecular formula is C25H23N5O4S. The van der Waals surface area contributed by atoms with Crippen molar-refractivity contribution in [2.24, 2.45) is 5.10 Å². The van der Waals surface area contributed by atoms with E-state index in [-0.39, 0.29) is 28.9 Å². The van der Waals surface area contributed by atoms with Crippen molar-refractivity contribution >= 4 is 23.9 Å². The minimum Gasteiger partial charge on any atom is -0.502 e. The van der Waals surface area contributed by atoms with Crippen molar-refractivity contribution in [2.75, 3.05) is 20.0 Å². The summed E-state index contributed by atoms with van der Waals surface area (Å²) in [4.78, 5) is 12.4. The maximum atomic E-state index is 12.4. The van der Waals surface area contributed by atoms with E-state index in [4.69, 9.17) is 9.47 Å². The minimum atomic E-state index is -0.312. The maximum absolute atomic E-state index is 12.4. The molecule has 9 nitrogen and oxygen atoms in total. The molecule has 0 aliphatic heterocycles. The van der Waals surface area contributed by atoms with Gasteiger partial charge in [0.15, 0.2) is 22.5 Å². The van der Waals surface area contributed by atoms with E-state index < -0.39 is 0 Å². The second-order valence-corrected chi connectivity index (χ2v) is 8.14. The summed E-state index contributed by atoms with van der Waals surface area (Å²) in [5.74, 6) is 0.828. The average Bonchev–Trinajstić information content (AvgIpc) is 3.33. The van der Waals surface area contributed by atoms with Crippen molar-refractivity contribution in [3.8, 4) is 34.3 Å². The quantitative estimate of drug-likeness (QED) is 0.208. The van der Waals surface area contributed by atoms with Crippen molar-refractivity contribution in [3.63, 3.8) is 0 Å². The van der Waals surface area contributed by atoms with Gasteiger partial charge in [0.2, 0.25) is 5.75 Å². The molecule has 0 atom stereocenters. The summed E-state index contributed by atoms with van der Waals surface area (Å²) in [6.07, 6.45) is 1.44. The number of hydrogen-bond donors (Lipinski definition) is 2. The molecule has 0 fully saturated rings. The van der Waals surface area contributed by atoms with E-state index >= 15 is 0 Å². The zero-order valence-corrected chi connectivity index (χ0v) is 19.9. The lowest BCUT2D eigenvalue weighted by atomic mass is 10.2. The van der Waals surface area contributed by atoms with Crippen LogP contribution in [0.4, 0.5) is 0 Å². The Morgan fingerprint density at radius 2 is 1.66 bits per heavy atom. The molecule has 0 bridgehead atoms. The third kappa shape index (κ3) is 5.61. The highest BCUT2D eigenvalue weighted by atomic mass is 32.2. The van der Waals surface area contributed by atoms with Gasteiger partial charge in [-0.1, -0.05) is 60.3 Å². The van der Waals surface area contributed by atoms with Gasteiger partial charge in [-0.25, -0.2) is 5.43 Å². The van der Waals surface area contributed by atoms with Crippen LogP contribution in [-0.2, 0) is 4.79 Å². The summed E-state index contributed by atoms with van der Waals surface area (Å²) in [7, 11) is 2.87. The number of hydrazone groups is 1. The van der Waals surface area contributed by atoms with Crippen LogP contribution in [0.25, 0.3) is 17.1 Å². The molecule has 1 aromatic heterocycles. The van der Waals surface area contributed by atoms with Crippen molar-refractivity contribution in [1.82, 2.24) is 20.2 Å². The van der Waals surface area contributed by atoms with Gasteiger partial charge in [-0.2, -0.15) is 5.10 Å². The van der Waals surface area contributed by atoms with Gasteiger partial charge in [0.05, 0.1) is 26.2 Å². The molecule has 0 unspecified atom stereocenters. The minimum absolute atomic E-state index is 0.0827. The van der Waals surface area contributed by atoms with Crippen molar-refractivity contribution in [2.45, 2.75) is 5.16 Å². The molecule has 1 heterocycles. The molecule has 0 radical (unpaired) electrons. The zero-order chi connectivity index (χ0) is 24.6.